The fourth-order valence-electron chi connectivity index (χ4n) is 1.07. The molecule has 0 aliphatic rings. The molecule has 0 bridgehead atoms. The molecule has 1 aromatic rings. The molecular weight excluding hydrogens is 258 g/mol. The van der Waals surface area contributed by atoms with Gasteiger partial charge in [0.15, 0.2) is 0 Å². The summed E-state index contributed by atoms with van der Waals surface area (Å²) >= 11 is 3.26. The van der Waals surface area contributed by atoms with E-state index in [4.69, 9.17) is 5.11 Å². The summed E-state index contributed by atoms with van der Waals surface area (Å²) in [4.78, 5) is 10.8. The van der Waals surface area contributed by atoms with E-state index in [0.717, 1.165) is 15.7 Å². The zero-order valence-corrected chi connectivity index (χ0v) is 9.97. The van der Waals surface area contributed by atoms with Crippen molar-refractivity contribution in [1.82, 2.24) is 0 Å². The van der Waals surface area contributed by atoms with Gasteiger partial charge in [-0.15, -0.1) is 0 Å². The Kier molecular flexibility index (Phi) is 3.91. The van der Waals surface area contributed by atoms with Gasteiger partial charge < -0.3 is 10.4 Å². The topological polar surface area (TPSA) is 49.3 Å². The monoisotopic (exact) mass is 269 g/mol. The number of carbonyl (C=O) groups is 1. The van der Waals surface area contributed by atoms with Gasteiger partial charge in [0.1, 0.15) is 0 Å². The lowest BCUT2D eigenvalue weighted by Gasteiger charge is -2.07. The van der Waals surface area contributed by atoms with Gasteiger partial charge in [-0.05, 0) is 25.1 Å². The van der Waals surface area contributed by atoms with Gasteiger partial charge in [0.05, 0.1) is 5.56 Å². The lowest BCUT2D eigenvalue weighted by Crippen LogP contribution is -2.04. The van der Waals surface area contributed by atoms with E-state index in [1.165, 1.54) is 0 Å². The third-order valence-electron chi connectivity index (χ3n) is 1.74. The first kappa shape index (κ1) is 11.8. The van der Waals surface area contributed by atoms with Crippen molar-refractivity contribution in [3.05, 3.63) is 40.4 Å². The van der Waals surface area contributed by atoms with Crippen LogP contribution in [0.1, 0.15) is 17.3 Å². The van der Waals surface area contributed by atoms with Crippen molar-refractivity contribution in [1.29, 1.82) is 0 Å². The number of rotatable bonds is 4. The van der Waals surface area contributed by atoms with Crippen molar-refractivity contribution in [2.75, 3.05) is 11.9 Å². The van der Waals surface area contributed by atoms with Crippen LogP contribution in [0.15, 0.2) is 34.8 Å². The zero-order chi connectivity index (χ0) is 11.4. The van der Waals surface area contributed by atoms with Crippen molar-refractivity contribution in [2.24, 2.45) is 0 Å². The minimum Gasteiger partial charge on any atom is -0.478 e. The summed E-state index contributed by atoms with van der Waals surface area (Å²) in [7, 11) is 0. The van der Waals surface area contributed by atoms with Crippen molar-refractivity contribution in [2.45, 2.75) is 6.92 Å². The second-order valence-electron chi connectivity index (χ2n) is 3.34. The Morgan fingerprint density at radius 3 is 2.73 bits per heavy atom. The summed E-state index contributed by atoms with van der Waals surface area (Å²) in [6, 6.07) is 4.99. The fourth-order valence-corrected chi connectivity index (χ4v) is 1.56. The number of hydrogen-bond donors (Lipinski definition) is 2. The Balaban J connectivity index is 2.88. The van der Waals surface area contributed by atoms with E-state index < -0.39 is 5.97 Å². The van der Waals surface area contributed by atoms with E-state index in [9.17, 15) is 4.79 Å². The van der Waals surface area contributed by atoms with Gasteiger partial charge in [0.25, 0.3) is 0 Å². The van der Waals surface area contributed by atoms with Crippen LogP contribution in [0.5, 0.6) is 0 Å². The zero-order valence-electron chi connectivity index (χ0n) is 8.38. The van der Waals surface area contributed by atoms with E-state index >= 15 is 0 Å². The number of benzene rings is 1. The Hall–Kier alpha value is -1.29. The molecule has 0 amide bonds. The minimum absolute atomic E-state index is 0.258. The summed E-state index contributed by atoms with van der Waals surface area (Å²) in [5, 5.41) is 11.9. The second kappa shape index (κ2) is 4.98. The predicted octanol–water partition coefficient (Wildman–Crippen LogP) is 3.14. The van der Waals surface area contributed by atoms with E-state index in [1.54, 1.807) is 12.1 Å². The number of anilines is 1. The number of nitrogens with one attached hydrogen (secondary N) is 1. The third kappa shape index (κ3) is 3.75. The molecule has 80 valence electrons. The minimum atomic E-state index is -0.935. The molecule has 0 atom stereocenters. The molecule has 0 radical (unpaired) electrons. The molecule has 0 aliphatic heterocycles. The molecule has 1 rings (SSSR count). The first-order valence-corrected chi connectivity index (χ1v) is 5.20. The smallest absolute Gasteiger partial charge is 0.335 e. The van der Waals surface area contributed by atoms with Gasteiger partial charge in [-0.25, -0.2) is 4.79 Å². The van der Waals surface area contributed by atoms with E-state index in [2.05, 4.69) is 27.8 Å². The number of hydrogen-bond acceptors (Lipinski definition) is 2. The second-order valence-corrected chi connectivity index (χ2v) is 4.26. The van der Waals surface area contributed by atoms with E-state index in [0.29, 0.717) is 6.54 Å². The summed E-state index contributed by atoms with van der Waals surface area (Å²) < 4.78 is 0.742. The highest BCUT2D eigenvalue weighted by Gasteiger charge is 2.05. The quantitative estimate of drug-likeness (QED) is 0.826. The molecule has 0 spiro atoms. The predicted molar refractivity (Wildman–Crippen MR) is 64.4 cm³/mol. The first-order valence-electron chi connectivity index (χ1n) is 4.41. The van der Waals surface area contributed by atoms with Gasteiger partial charge >= 0.3 is 5.97 Å². The largest absolute Gasteiger partial charge is 0.478 e. The number of aromatic carboxylic acids is 1. The van der Waals surface area contributed by atoms with E-state index in [-0.39, 0.29) is 5.56 Å². The van der Waals surface area contributed by atoms with Crippen molar-refractivity contribution in [3.8, 4) is 0 Å². The van der Waals surface area contributed by atoms with Crippen LogP contribution < -0.4 is 5.32 Å². The van der Waals surface area contributed by atoms with Crippen LogP contribution in [0, 0.1) is 0 Å². The molecule has 0 saturated heterocycles. The third-order valence-corrected chi connectivity index (χ3v) is 2.20. The summed E-state index contributed by atoms with van der Waals surface area (Å²) in [5.41, 5.74) is 2.02. The van der Waals surface area contributed by atoms with Gasteiger partial charge in [-0.1, -0.05) is 28.1 Å². The van der Waals surface area contributed by atoms with Gasteiger partial charge in [0, 0.05) is 16.7 Å². The van der Waals surface area contributed by atoms with Crippen LogP contribution >= 0.6 is 15.9 Å². The molecule has 0 heterocycles. The molecule has 15 heavy (non-hydrogen) atoms. The number of halogens is 1. The molecule has 0 aromatic heterocycles. The van der Waals surface area contributed by atoms with Gasteiger partial charge in [-0.3, -0.25) is 0 Å². The molecule has 0 fully saturated rings. The van der Waals surface area contributed by atoms with Crippen LogP contribution in [-0.2, 0) is 0 Å². The van der Waals surface area contributed by atoms with Crippen LogP contribution in [0.3, 0.4) is 0 Å². The average Bonchev–Trinajstić information content (AvgIpc) is 2.13. The van der Waals surface area contributed by atoms with Crippen molar-refractivity contribution < 1.29 is 9.90 Å². The molecule has 0 saturated carbocycles. The lowest BCUT2D eigenvalue weighted by molar-refractivity contribution is 0.0697. The normalized spacial score (nSPS) is 9.73. The standard InChI is InChI=1S/C11H12BrNO2/c1-7(2)6-13-10-4-8(11(14)15)3-9(12)5-10/h3-5,13H,1,6H2,2H3,(H,14,15). The molecule has 0 unspecified atom stereocenters. The number of carboxylic acids is 1. The Bertz CT molecular complexity index is 402. The molecule has 0 aliphatic carbocycles. The first-order chi connectivity index (χ1) is 6.99. The van der Waals surface area contributed by atoms with Crippen LogP contribution in [0.2, 0.25) is 0 Å². The molecule has 2 N–H and O–H groups in total. The maximum Gasteiger partial charge on any atom is 0.335 e. The summed E-state index contributed by atoms with van der Waals surface area (Å²) in [6.07, 6.45) is 0. The Labute approximate surface area is 96.9 Å². The fraction of sp³-hybridized carbons (Fsp3) is 0.182. The maximum atomic E-state index is 10.8. The molecule has 3 nitrogen and oxygen atoms in total. The van der Waals surface area contributed by atoms with Crippen LogP contribution in [0.25, 0.3) is 0 Å². The van der Waals surface area contributed by atoms with Gasteiger partial charge in [-0.2, -0.15) is 0 Å². The highest BCUT2D eigenvalue weighted by atomic mass is 79.9. The molecule has 4 heteroatoms. The molecular formula is C11H12BrNO2. The van der Waals surface area contributed by atoms with Crippen LogP contribution in [0.4, 0.5) is 5.69 Å². The summed E-state index contributed by atoms with van der Waals surface area (Å²) in [6.45, 7) is 6.30. The SMILES string of the molecule is C=C(C)CNc1cc(Br)cc(C(=O)O)c1. The van der Waals surface area contributed by atoms with Crippen molar-refractivity contribution >= 4 is 27.6 Å². The highest BCUT2D eigenvalue weighted by molar-refractivity contribution is 9.10. The summed E-state index contributed by atoms with van der Waals surface area (Å²) in [5.74, 6) is -0.935. The molecule has 1 aromatic carbocycles. The maximum absolute atomic E-state index is 10.8. The number of carboxylic acid groups (broad SMARTS) is 1. The lowest BCUT2D eigenvalue weighted by atomic mass is 10.2. The van der Waals surface area contributed by atoms with Crippen LogP contribution in [-0.4, -0.2) is 17.6 Å². The van der Waals surface area contributed by atoms with Gasteiger partial charge in [0.2, 0.25) is 0 Å². The Morgan fingerprint density at radius 2 is 2.20 bits per heavy atom. The van der Waals surface area contributed by atoms with E-state index in [1.807, 2.05) is 13.0 Å². The highest BCUT2D eigenvalue weighted by Crippen LogP contribution is 2.19. The van der Waals surface area contributed by atoms with Crippen molar-refractivity contribution in [3.63, 3.8) is 0 Å². The Morgan fingerprint density at radius 1 is 1.53 bits per heavy atom. The average molecular weight is 270 g/mol.